The largest absolute Gasteiger partial charge is 0.469 e. The van der Waals surface area contributed by atoms with E-state index in [1.165, 1.54) is 23.5 Å². The van der Waals surface area contributed by atoms with Gasteiger partial charge in [0, 0.05) is 23.3 Å². The Kier molecular flexibility index (Phi) is 8.36. The lowest BCUT2D eigenvalue weighted by molar-refractivity contribution is -0.145. The van der Waals surface area contributed by atoms with Gasteiger partial charge in [0.25, 0.3) is 5.91 Å². The van der Waals surface area contributed by atoms with Crippen molar-refractivity contribution in [3.05, 3.63) is 114 Å². The van der Waals surface area contributed by atoms with Crippen molar-refractivity contribution >= 4 is 58.2 Å². The molecule has 4 aromatic rings. The fraction of sp³-hybridized carbons (Fsp3) is 0.200. The van der Waals surface area contributed by atoms with Crippen molar-refractivity contribution in [3.63, 3.8) is 0 Å². The summed E-state index contributed by atoms with van der Waals surface area (Å²) in [5, 5.41) is 14.7. The van der Waals surface area contributed by atoms with Gasteiger partial charge in [-0.1, -0.05) is 78.9 Å². The molecule has 3 aromatic carbocycles. The molecule has 0 spiro atoms. The van der Waals surface area contributed by atoms with Crippen LogP contribution in [0.3, 0.4) is 0 Å². The van der Waals surface area contributed by atoms with E-state index in [-0.39, 0.29) is 28.0 Å². The highest BCUT2D eigenvalue weighted by Crippen LogP contribution is 2.44. The number of carbonyl (C=O) groups is 2. The monoisotopic (exact) mass is 614 g/mol. The molecule has 0 bridgehead atoms. The van der Waals surface area contributed by atoms with E-state index < -0.39 is 12.1 Å². The molecule has 12 heteroatoms. The lowest BCUT2D eigenvalue weighted by Crippen LogP contribution is -2.70. The van der Waals surface area contributed by atoms with Crippen LogP contribution in [0.15, 0.2) is 102 Å². The first-order chi connectivity index (χ1) is 20.5. The zero-order chi connectivity index (χ0) is 29.1. The van der Waals surface area contributed by atoms with E-state index in [0.29, 0.717) is 22.8 Å². The number of tetrazole rings is 1. The predicted octanol–water partition coefficient (Wildman–Crippen LogP) is 4.25. The zero-order valence-electron chi connectivity index (χ0n) is 22.5. The van der Waals surface area contributed by atoms with Gasteiger partial charge in [-0.25, -0.2) is 4.68 Å². The first-order valence-corrected chi connectivity index (χ1v) is 15.6. The first kappa shape index (κ1) is 28.1. The minimum atomic E-state index is -0.671. The van der Waals surface area contributed by atoms with Gasteiger partial charge in [-0.3, -0.25) is 14.5 Å². The van der Waals surface area contributed by atoms with Crippen molar-refractivity contribution in [2.75, 3.05) is 11.5 Å². The molecule has 212 valence electrons. The van der Waals surface area contributed by atoms with Crippen LogP contribution >= 0.6 is 35.7 Å². The molecule has 0 saturated carbocycles. The molecular formula is C30H26N6O3S3. The molecule has 2 aliphatic heterocycles. The van der Waals surface area contributed by atoms with E-state index in [2.05, 4.69) is 20.8 Å². The average molecular weight is 615 g/mol. The van der Waals surface area contributed by atoms with E-state index in [9.17, 15) is 9.59 Å². The van der Waals surface area contributed by atoms with E-state index in [1.807, 2.05) is 91.0 Å². The second kappa shape index (κ2) is 12.5. The fourth-order valence-electron chi connectivity index (χ4n) is 4.89. The van der Waals surface area contributed by atoms with Crippen molar-refractivity contribution in [1.82, 2.24) is 30.4 Å². The Morgan fingerprint density at radius 2 is 1.67 bits per heavy atom. The van der Waals surface area contributed by atoms with Gasteiger partial charge in [0.05, 0.1) is 5.75 Å². The lowest BCUT2D eigenvalue weighted by Gasteiger charge is -2.50. The zero-order valence-corrected chi connectivity index (χ0v) is 24.9. The number of hydrogen-bond donors (Lipinski definition) is 1. The summed E-state index contributed by atoms with van der Waals surface area (Å²) < 4.78 is 8.09. The molecule has 1 fully saturated rings. The quantitative estimate of drug-likeness (QED) is 0.168. The van der Waals surface area contributed by atoms with Crippen LogP contribution < -0.4 is 5.32 Å². The Labute approximate surface area is 256 Å². The smallest absolute Gasteiger partial charge is 0.253 e. The number of thiocarbonyl (C=S) groups is 1. The maximum absolute atomic E-state index is 13.6. The van der Waals surface area contributed by atoms with Crippen molar-refractivity contribution in [1.29, 1.82) is 0 Å². The minimum absolute atomic E-state index is 0.161. The third-order valence-electron chi connectivity index (χ3n) is 6.91. The molecule has 1 aromatic heterocycles. The number of thioether (sulfide) groups is 2. The lowest BCUT2D eigenvalue weighted by atomic mass is 10.0. The molecule has 0 aliphatic carbocycles. The van der Waals surface area contributed by atoms with E-state index in [4.69, 9.17) is 17.0 Å². The van der Waals surface area contributed by atoms with Crippen LogP contribution in [0.2, 0.25) is 0 Å². The van der Waals surface area contributed by atoms with Gasteiger partial charge in [-0.05, 0) is 45.9 Å². The Morgan fingerprint density at radius 1 is 1.05 bits per heavy atom. The molecule has 9 nitrogen and oxygen atoms in total. The molecule has 2 atom stereocenters. The number of rotatable bonds is 9. The van der Waals surface area contributed by atoms with E-state index >= 15 is 0 Å². The number of nitrogens with one attached hydrogen (secondary N) is 1. The highest BCUT2D eigenvalue weighted by Gasteiger charge is 2.54. The van der Waals surface area contributed by atoms with Crippen LogP contribution in [-0.4, -0.2) is 64.9 Å². The number of aromatic nitrogens is 4. The number of nitrogens with zero attached hydrogens (tertiary/aromatic N) is 5. The number of amides is 2. The molecule has 0 radical (unpaired) electrons. The van der Waals surface area contributed by atoms with Crippen LogP contribution in [0.25, 0.3) is 5.57 Å². The van der Waals surface area contributed by atoms with Crippen LogP contribution in [0.4, 0.5) is 0 Å². The summed E-state index contributed by atoms with van der Waals surface area (Å²) >= 11 is 8.89. The van der Waals surface area contributed by atoms with Gasteiger partial charge in [0.1, 0.15) is 23.2 Å². The molecule has 3 heterocycles. The van der Waals surface area contributed by atoms with Crippen LogP contribution in [0, 0.1) is 0 Å². The molecule has 6 rings (SSSR count). The summed E-state index contributed by atoms with van der Waals surface area (Å²) in [6, 6.07) is 28.6. The Morgan fingerprint density at radius 3 is 2.26 bits per heavy atom. The van der Waals surface area contributed by atoms with Crippen molar-refractivity contribution in [3.8, 4) is 0 Å². The van der Waals surface area contributed by atoms with Gasteiger partial charge in [0.15, 0.2) is 5.82 Å². The third-order valence-corrected chi connectivity index (χ3v) is 9.49. The average Bonchev–Trinajstić information content (AvgIpc) is 3.47. The van der Waals surface area contributed by atoms with Crippen LogP contribution in [0.5, 0.6) is 0 Å². The number of hydrogen-bond acceptors (Lipinski definition) is 9. The minimum Gasteiger partial charge on any atom is -0.469 e. The second-order valence-corrected chi connectivity index (χ2v) is 12.1. The van der Waals surface area contributed by atoms with Gasteiger partial charge in [-0.15, -0.1) is 28.6 Å². The number of ether oxygens (including phenoxy) is 1. The number of carbonyl (C=O) groups excluding carboxylic acids is 2. The van der Waals surface area contributed by atoms with E-state index in [0.717, 1.165) is 16.0 Å². The third kappa shape index (κ3) is 5.69. The van der Waals surface area contributed by atoms with Crippen LogP contribution in [0.1, 0.15) is 23.1 Å². The summed E-state index contributed by atoms with van der Waals surface area (Å²) in [7, 11) is 1.74. The van der Waals surface area contributed by atoms with Gasteiger partial charge in [-0.2, -0.15) is 0 Å². The molecule has 2 aliphatic rings. The fourth-order valence-corrected chi connectivity index (χ4v) is 7.28. The highest BCUT2D eigenvalue weighted by molar-refractivity contribution is 8.00. The molecular weight excluding hydrogens is 589 g/mol. The van der Waals surface area contributed by atoms with Crippen molar-refractivity contribution in [2.24, 2.45) is 7.05 Å². The number of β-lactam (4-membered cyclic amide) rings is 1. The van der Waals surface area contributed by atoms with E-state index in [1.54, 1.807) is 16.6 Å². The Balaban J connectivity index is 1.27. The molecule has 2 amide bonds. The van der Waals surface area contributed by atoms with Crippen LogP contribution in [-0.2, 0) is 21.4 Å². The Bertz CT molecular complexity index is 1590. The summed E-state index contributed by atoms with van der Waals surface area (Å²) in [6.45, 7) is 0. The summed E-state index contributed by atoms with van der Waals surface area (Å²) in [5.74, 6) is 0.727. The topological polar surface area (TPSA) is 102 Å². The standard InChI is InChI=1S/C30H26N6O3S3/c1-35-27(32-33-34-35)22-17-42-29-24(31-23(37)18-41-21-15-9-4-10-16-21)28(38)36(29)25(22)30(40)39-26(19-11-5-2-6-12-19)20-13-7-3-8-14-20/h2-16,24,26,29H,17-18H2,1H3,(H,31,37)/t24-,29-/m1/s1. The van der Waals surface area contributed by atoms with Crippen molar-refractivity contribution in [2.45, 2.75) is 22.4 Å². The molecule has 1 saturated heterocycles. The maximum atomic E-state index is 13.6. The van der Waals surface area contributed by atoms with Gasteiger partial charge >= 0.3 is 0 Å². The number of aryl methyl sites for hydroxylation is 1. The molecule has 0 unspecified atom stereocenters. The summed E-state index contributed by atoms with van der Waals surface area (Å²) in [6.07, 6.45) is -0.499. The number of benzene rings is 3. The normalized spacial score (nSPS) is 18.0. The maximum Gasteiger partial charge on any atom is 0.253 e. The Hall–Kier alpha value is -4.00. The SMILES string of the molecule is Cn1nnnc1C1=C(C(=S)OC(c2ccccc2)c2ccccc2)N2C(=O)[C@@H](NC(=O)CSc3ccccc3)[C@H]2SC1. The molecule has 1 N–H and O–H groups in total. The molecule has 42 heavy (non-hydrogen) atoms. The van der Waals surface area contributed by atoms with Crippen molar-refractivity contribution < 1.29 is 14.3 Å². The summed E-state index contributed by atoms with van der Waals surface area (Å²) in [4.78, 5) is 29.0. The number of fused-ring (bicyclic) bond motifs is 1. The highest BCUT2D eigenvalue weighted by atomic mass is 32.2. The van der Waals surface area contributed by atoms with Gasteiger partial charge < -0.3 is 10.1 Å². The van der Waals surface area contributed by atoms with Gasteiger partial charge in [0.2, 0.25) is 11.0 Å². The predicted molar refractivity (Wildman–Crippen MR) is 166 cm³/mol. The summed E-state index contributed by atoms with van der Waals surface area (Å²) in [5.41, 5.74) is 3.00. The second-order valence-electron chi connectivity index (χ2n) is 9.62. The first-order valence-electron chi connectivity index (χ1n) is 13.2.